The van der Waals surface area contributed by atoms with Crippen LogP contribution in [0.5, 0.6) is 5.75 Å². The van der Waals surface area contributed by atoms with E-state index in [1.807, 2.05) is 6.07 Å². The average Bonchev–Trinajstić information content (AvgIpc) is 2.93. The summed E-state index contributed by atoms with van der Waals surface area (Å²) in [6.07, 6.45) is 0. The number of H-pyrrole nitrogens is 1. The number of aromatic amines is 1. The van der Waals surface area contributed by atoms with Gasteiger partial charge >= 0.3 is 5.97 Å². The zero-order valence-corrected chi connectivity index (χ0v) is 14.3. The first kappa shape index (κ1) is 18.2. The van der Waals surface area contributed by atoms with Gasteiger partial charge in [-0.3, -0.25) is 4.79 Å². The Bertz CT molecular complexity index is 829. The van der Waals surface area contributed by atoms with Crippen molar-refractivity contribution >= 4 is 23.3 Å². The standard InChI is InChI=1S/C19H19NO5/c1-4-24-18-12(3)15(17(22)13-9-7-6-8-10-13)20-16(18)14(11-21)19(23)25-5-2/h6-10,20H,4-5H2,1-3H3. The Hall–Kier alpha value is -3.11. The fourth-order valence-corrected chi connectivity index (χ4v) is 2.44. The number of aromatic nitrogens is 1. The number of hydrogen-bond acceptors (Lipinski definition) is 5. The van der Waals surface area contributed by atoms with Crippen molar-refractivity contribution in [1.82, 2.24) is 4.98 Å². The van der Waals surface area contributed by atoms with Crippen LogP contribution in [0.4, 0.5) is 0 Å². The summed E-state index contributed by atoms with van der Waals surface area (Å²) in [6, 6.07) is 8.69. The summed E-state index contributed by atoms with van der Waals surface area (Å²) in [5, 5.41) is 0. The predicted molar refractivity (Wildman–Crippen MR) is 92.3 cm³/mol. The minimum absolute atomic E-state index is 0.104. The number of benzene rings is 1. The van der Waals surface area contributed by atoms with Gasteiger partial charge in [-0.05, 0) is 20.8 Å². The Kier molecular flexibility index (Phi) is 5.93. The van der Waals surface area contributed by atoms with Gasteiger partial charge in [-0.2, -0.15) is 0 Å². The molecule has 0 aliphatic carbocycles. The topological polar surface area (TPSA) is 85.5 Å². The summed E-state index contributed by atoms with van der Waals surface area (Å²) >= 11 is 0. The third-order valence-corrected chi connectivity index (χ3v) is 3.58. The van der Waals surface area contributed by atoms with Crippen molar-refractivity contribution < 1.29 is 23.9 Å². The number of nitrogens with one attached hydrogen (secondary N) is 1. The average molecular weight is 341 g/mol. The molecule has 0 atom stereocenters. The minimum Gasteiger partial charge on any atom is -0.491 e. The lowest BCUT2D eigenvalue weighted by Crippen LogP contribution is -2.09. The number of carbonyl (C=O) groups is 2. The molecule has 6 heteroatoms. The molecule has 0 saturated heterocycles. The SMILES string of the molecule is CCOC(=O)C(=C=O)c1[nH]c(C(=O)c2ccccc2)c(C)c1OCC. The van der Waals surface area contributed by atoms with Gasteiger partial charge in [-0.1, -0.05) is 30.3 Å². The molecule has 0 aliphatic heterocycles. The van der Waals surface area contributed by atoms with E-state index in [9.17, 15) is 14.4 Å². The van der Waals surface area contributed by atoms with Gasteiger partial charge in [0, 0.05) is 11.1 Å². The van der Waals surface area contributed by atoms with Crippen LogP contribution in [0.15, 0.2) is 30.3 Å². The van der Waals surface area contributed by atoms with Gasteiger partial charge < -0.3 is 14.5 Å². The zero-order valence-electron chi connectivity index (χ0n) is 14.3. The molecule has 25 heavy (non-hydrogen) atoms. The number of esters is 1. The number of ether oxygens (including phenoxy) is 2. The number of rotatable bonds is 7. The molecule has 2 aromatic rings. The van der Waals surface area contributed by atoms with Crippen molar-refractivity contribution in [1.29, 1.82) is 0 Å². The molecule has 0 amide bonds. The molecular formula is C19H19NO5. The Balaban J connectivity index is 2.56. The Morgan fingerprint density at radius 3 is 2.32 bits per heavy atom. The molecule has 1 N–H and O–H groups in total. The third-order valence-electron chi connectivity index (χ3n) is 3.58. The molecule has 0 saturated carbocycles. The molecule has 1 heterocycles. The molecule has 0 radical (unpaired) electrons. The second-order valence-electron chi connectivity index (χ2n) is 5.15. The van der Waals surface area contributed by atoms with Crippen molar-refractivity contribution in [3.8, 4) is 5.75 Å². The first-order valence-corrected chi connectivity index (χ1v) is 7.92. The van der Waals surface area contributed by atoms with E-state index < -0.39 is 5.97 Å². The lowest BCUT2D eigenvalue weighted by Gasteiger charge is -2.06. The molecule has 2 rings (SSSR count). The van der Waals surface area contributed by atoms with Gasteiger partial charge in [-0.15, -0.1) is 0 Å². The number of ketones is 1. The van der Waals surface area contributed by atoms with Crippen LogP contribution in [0.2, 0.25) is 0 Å². The van der Waals surface area contributed by atoms with Crippen LogP contribution >= 0.6 is 0 Å². The van der Waals surface area contributed by atoms with Gasteiger partial charge in [0.1, 0.15) is 17.4 Å². The first-order chi connectivity index (χ1) is 12.0. The van der Waals surface area contributed by atoms with E-state index in [0.717, 1.165) is 0 Å². The molecule has 0 spiro atoms. The molecule has 130 valence electrons. The van der Waals surface area contributed by atoms with E-state index >= 15 is 0 Å². The van der Waals surface area contributed by atoms with E-state index in [0.29, 0.717) is 17.7 Å². The molecule has 6 nitrogen and oxygen atoms in total. The number of hydrogen-bond donors (Lipinski definition) is 1. The van der Waals surface area contributed by atoms with E-state index in [4.69, 9.17) is 9.47 Å². The van der Waals surface area contributed by atoms with Crippen molar-refractivity contribution in [2.75, 3.05) is 13.2 Å². The number of carbonyl (C=O) groups excluding carboxylic acids is 3. The summed E-state index contributed by atoms with van der Waals surface area (Å²) in [5.74, 6) is 0.777. The van der Waals surface area contributed by atoms with Gasteiger partial charge in [0.2, 0.25) is 5.78 Å². The highest BCUT2D eigenvalue weighted by Crippen LogP contribution is 2.32. The Morgan fingerprint density at radius 1 is 1.08 bits per heavy atom. The van der Waals surface area contributed by atoms with Crippen molar-refractivity contribution in [3.05, 3.63) is 52.8 Å². The van der Waals surface area contributed by atoms with E-state index in [1.165, 1.54) is 0 Å². The summed E-state index contributed by atoms with van der Waals surface area (Å²) in [7, 11) is 0. The maximum absolute atomic E-state index is 12.7. The van der Waals surface area contributed by atoms with Crippen LogP contribution in [-0.4, -0.2) is 35.9 Å². The summed E-state index contributed by atoms with van der Waals surface area (Å²) in [6.45, 7) is 5.51. The monoisotopic (exact) mass is 341 g/mol. The van der Waals surface area contributed by atoms with Crippen molar-refractivity contribution in [2.45, 2.75) is 20.8 Å². The molecule has 0 aliphatic rings. The van der Waals surface area contributed by atoms with Crippen molar-refractivity contribution in [2.24, 2.45) is 0 Å². The van der Waals surface area contributed by atoms with Crippen LogP contribution in [0.1, 0.15) is 41.2 Å². The predicted octanol–water partition coefficient (Wildman–Crippen LogP) is 2.73. The summed E-state index contributed by atoms with van der Waals surface area (Å²) < 4.78 is 10.4. The summed E-state index contributed by atoms with van der Waals surface area (Å²) in [4.78, 5) is 38.9. The van der Waals surface area contributed by atoms with Gasteiger partial charge in [0.05, 0.1) is 18.9 Å². The van der Waals surface area contributed by atoms with Gasteiger partial charge in [0.25, 0.3) is 0 Å². The molecule has 0 fully saturated rings. The maximum atomic E-state index is 12.7. The fourth-order valence-electron chi connectivity index (χ4n) is 2.44. The Labute approximate surface area is 145 Å². The van der Waals surface area contributed by atoms with Crippen LogP contribution in [0.3, 0.4) is 0 Å². The lowest BCUT2D eigenvalue weighted by atomic mass is 10.1. The third kappa shape index (κ3) is 3.70. The maximum Gasteiger partial charge on any atom is 0.351 e. The highest BCUT2D eigenvalue weighted by atomic mass is 16.5. The largest absolute Gasteiger partial charge is 0.491 e. The van der Waals surface area contributed by atoms with Crippen LogP contribution in [0.25, 0.3) is 5.57 Å². The van der Waals surface area contributed by atoms with Crippen LogP contribution in [-0.2, 0) is 14.3 Å². The van der Waals surface area contributed by atoms with E-state index in [-0.39, 0.29) is 35.1 Å². The highest BCUT2D eigenvalue weighted by molar-refractivity contribution is 6.26. The van der Waals surface area contributed by atoms with Gasteiger partial charge in [0.15, 0.2) is 5.57 Å². The fraction of sp³-hybridized carbons (Fsp3) is 0.263. The highest BCUT2D eigenvalue weighted by Gasteiger charge is 2.27. The second kappa shape index (κ2) is 8.13. The van der Waals surface area contributed by atoms with Crippen LogP contribution in [0, 0.1) is 6.92 Å². The molecule has 1 aromatic carbocycles. The molecule has 0 unspecified atom stereocenters. The zero-order chi connectivity index (χ0) is 18.4. The lowest BCUT2D eigenvalue weighted by molar-refractivity contribution is -0.136. The second-order valence-corrected chi connectivity index (χ2v) is 5.15. The smallest absolute Gasteiger partial charge is 0.351 e. The van der Waals surface area contributed by atoms with E-state index in [1.54, 1.807) is 51.0 Å². The first-order valence-electron chi connectivity index (χ1n) is 7.92. The normalized spacial score (nSPS) is 10.0. The Morgan fingerprint density at radius 2 is 1.76 bits per heavy atom. The van der Waals surface area contributed by atoms with Crippen molar-refractivity contribution in [3.63, 3.8) is 0 Å². The van der Waals surface area contributed by atoms with Crippen LogP contribution < -0.4 is 4.74 Å². The molecular weight excluding hydrogens is 322 g/mol. The quantitative estimate of drug-likeness (QED) is 0.362. The minimum atomic E-state index is -0.821. The molecule has 1 aromatic heterocycles. The van der Waals surface area contributed by atoms with Gasteiger partial charge in [-0.25, -0.2) is 9.59 Å². The van der Waals surface area contributed by atoms with E-state index in [2.05, 4.69) is 4.98 Å². The summed E-state index contributed by atoms with van der Waals surface area (Å²) in [5.41, 5.74) is 1.02. The molecule has 0 bridgehead atoms.